The van der Waals surface area contributed by atoms with Gasteiger partial charge >= 0.3 is 0 Å². The van der Waals surface area contributed by atoms with Gasteiger partial charge in [-0.05, 0) is 25.2 Å². The molecule has 5 heteroatoms. The van der Waals surface area contributed by atoms with Gasteiger partial charge in [-0.3, -0.25) is 4.79 Å². The Kier molecular flexibility index (Phi) is 5.92. The second-order valence-electron chi connectivity index (χ2n) is 5.11. The molecule has 0 radical (unpaired) electrons. The van der Waals surface area contributed by atoms with E-state index in [0.717, 1.165) is 0 Å². The minimum absolute atomic E-state index is 0.117. The minimum Gasteiger partial charge on any atom is -0.325 e. The van der Waals surface area contributed by atoms with Crippen molar-refractivity contribution < 1.29 is 9.18 Å². The van der Waals surface area contributed by atoms with E-state index in [9.17, 15) is 9.18 Å². The fourth-order valence-electron chi connectivity index (χ4n) is 2.06. The lowest BCUT2D eigenvalue weighted by atomic mass is 10.2. The van der Waals surface area contributed by atoms with Gasteiger partial charge < -0.3 is 10.2 Å². The van der Waals surface area contributed by atoms with E-state index < -0.39 is 0 Å². The third-order valence-corrected chi connectivity index (χ3v) is 3.60. The van der Waals surface area contributed by atoms with Crippen molar-refractivity contribution in [2.75, 3.05) is 18.9 Å². The van der Waals surface area contributed by atoms with E-state index in [2.05, 4.69) is 5.32 Å². The fourth-order valence-corrected chi connectivity index (χ4v) is 2.25. The van der Waals surface area contributed by atoms with Crippen molar-refractivity contribution in [1.82, 2.24) is 4.90 Å². The number of nitrogens with zero attached hydrogens (tertiary/aromatic N) is 1. The van der Waals surface area contributed by atoms with Crippen LogP contribution in [0.5, 0.6) is 0 Å². The summed E-state index contributed by atoms with van der Waals surface area (Å²) in [6.45, 7) is 0.997. The van der Waals surface area contributed by atoms with Crippen LogP contribution in [0.15, 0.2) is 48.5 Å². The molecule has 22 heavy (non-hydrogen) atoms. The molecule has 2 aromatic rings. The van der Waals surface area contributed by atoms with E-state index in [-0.39, 0.29) is 11.7 Å². The molecule has 0 aliphatic heterocycles. The summed E-state index contributed by atoms with van der Waals surface area (Å²) >= 11 is 5.99. The summed E-state index contributed by atoms with van der Waals surface area (Å²) in [6, 6.07) is 13.7. The number of carbonyl (C=O) groups excluding carboxylic acids is 1. The van der Waals surface area contributed by atoms with Crippen LogP contribution in [0.3, 0.4) is 0 Å². The minimum atomic E-state index is -0.227. The molecule has 0 saturated heterocycles. The average molecular weight is 321 g/mol. The summed E-state index contributed by atoms with van der Waals surface area (Å²) < 4.78 is 13.6. The lowest BCUT2D eigenvalue weighted by Crippen LogP contribution is -2.24. The maximum Gasteiger partial charge on any atom is 0.225 e. The summed E-state index contributed by atoms with van der Waals surface area (Å²) in [4.78, 5) is 13.8. The lowest BCUT2D eigenvalue weighted by Gasteiger charge is -2.17. The zero-order valence-corrected chi connectivity index (χ0v) is 13.1. The highest BCUT2D eigenvalue weighted by Gasteiger charge is 2.09. The van der Waals surface area contributed by atoms with Crippen LogP contribution in [0.25, 0.3) is 0 Å². The van der Waals surface area contributed by atoms with Gasteiger partial charge in [-0.25, -0.2) is 4.39 Å². The van der Waals surface area contributed by atoms with Crippen LogP contribution in [0.4, 0.5) is 10.1 Å². The SMILES string of the molecule is CN(CCC(=O)Nc1ccccc1Cl)Cc1ccccc1F. The van der Waals surface area contributed by atoms with E-state index in [1.54, 1.807) is 36.4 Å². The highest BCUT2D eigenvalue weighted by Crippen LogP contribution is 2.20. The summed E-state index contributed by atoms with van der Waals surface area (Å²) in [6.07, 6.45) is 0.316. The van der Waals surface area contributed by atoms with E-state index in [4.69, 9.17) is 11.6 Å². The van der Waals surface area contributed by atoms with Crippen LogP contribution in [-0.2, 0) is 11.3 Å². The van der Waals surface area contributed by atoms with Crippen molar-refractivity contribution in [1.29, 1.82) is 0 Å². The van der Waals surface area contributed by atoms with Crippen molar-refractivity contribution >= 4 is 23.2 Å². The average Bonchev–Trinajstić information content (AvgIpc) is 2.50. The summed E-state index contributed by atoms with van der Waals surface area (Å²) in [5, 5.41) is 3.28. The number of benzene rings is 2. The molecule has 2 aromatic carbocycles. The number of para-hydroxylation sites is 1. The summed E-state index contributed by atoms with van der Waals surface area (Å²) in [7, 11) is 1.86. The van der Waals surface area contributed by atoms with Gasteiger partial charge in [-0.1, -0.05) is 41.9 Å². The van der Waals surface area contributed by atoms with Crippen LogP contribution >= 0.6 is 11.6 Å². The zero-order valence-electron chi connectivity index (χ0n) is 12.4. The topological polar surface area (TPSA) is 32.3 Å². The Morgan fingerprint density at radius 3 is 2.59 bits per heavy atom. The highest BCUT2D eigenvalue weighted by molar-refractivity contribution is 6.33. The van der Waals surface area contributed by atoms with Crippen molar-refractivity contribution in [2.24, 2.45) is 0 Å². The Morgan fingerprint density at radius 1 is 1.18 bits per heavy atom. The van der Waals surface area contributed by atoms with E-state index in [1.807, 2.05) is 18.0 Å². The van der Waals surface area contributed by atoms with Crippen LogP contribution in [0, 0.1) is 5.82 Å². The second kappa shape index (κ2) is 7.92. The molecule has 0 unspecified atom stereocenters. The third-order valence-electron chi connectivity index (χ3n) is 3.27. The largest absolute Gasteiger partial charge is 0.325 e. The number of nitrogens with one attached hydrogen (secondary N) is 1. The Labute approximate surface area is 134 Å². The fraction of sp³-hybridized carbons (Fsp3) is 0.235. The van der Waals surface area contributed by atoms with Gasteiger partial charge in [0, 0.05) is 25.1 Å². The smallest absolute Gasteiger partial charge is 0.225 e. The van der Waals surface area contributed by atoms with Crippen molar-refractivity contribution in [3.05, 3.63) is 64.9 Å². The lowest BCUT2D eigenvalue weighted by molar-refractivity contribution is -0.116. The third kappa shape index (κ3) is 4.83. The molecule has 0 atom stereocenters. The van der Waals surface area contributed by atoms with Crippen molar-refractivity contribution in [2.45, 2.75) is 13.0 Å². The molecule has 1 amide bonds. The number of hydrogen-bond donors (Lipinski definition) is 1. The normalized spacial score (nSPS) is 10.7. The van der Waals surface area contributed by atoms with E-state index in [0.29, 0.717) is 35.8 Å². The van der Waals surface area contributed by atoms with Gasteiger partial charge in [0.2, 0.25) is 5.91 Å². The number of hydrogen-bond acceptors (Lipinski definition) is 2. The highest BCUT2D eigenvalue weighted by atomic mass is 35.5. The van der Waals surface area contributed by atoms with Gasteiger partial charge in [0.25, 0.3) is 0 Å². The molecule has 0 heterocycles. The summed E-state index contributed by atoms with van der Waals surface area (Å²) in [5.74, 6) is -0.344. The maximum absolute atomic E-state index is 13.6. The van der Waals surface area contributed by atoms with Crippen LogP contribution in [0.2, 0.25) is 5.02 Å². The molecule has 0 bridgehead atoms. The molecular formula is C17H18ClFN2O. The van der Waals surface area contributed by atoms with Gasteiger partial charge in [-0.15, -0.1) is 0 Å². The Balaban J connectivity index is 1.81. The molecule has 1 N–H and O–H groups in total. The van der Waals surface area contributed by atoms with Crippen molar-refractivity contribution in [3.8, 4) is 0 Å². The molecule has 3 nitrogen and oxygen atoms in total. The number of anilines is 1. The molecule has 0 aliphatic carbocycles. The number of rotatable bonds is 6. The van der Waals surface area contributed by atoms with Gasteiger partial charge in [0.05, 0.1) is 10.7 Å². The summed E-state index contributed by atoms with van der Waals surface area (Å²) in [5.41, 5.74) is 1.22. The van der Waals surface area contributed by atoms with Gasteiger partial charge in [0.15, 0.2) is 0 Å². The first-order chi connectivity index (χ1) is 10.6. The van der Waals surface area contributed by atoms with Gasteiger partial charge in [-0.2, -0.15) is 0 Å². The Hall–Kier alpha value is -1.91. The van der Waals surface area contributed by atoms with Crippen LogP contribution < -0.4 is 5.32 Å². The molecule has 0 saturated carbocycles. The number of carbonyl (C=O) groups is 1. The van der Waals surface area contributed by atoms with Gasteiger partial charge in [0.1, 0.15) is 5.82 Å². The molecule has 2 rings (SSSR count). The number of amides is 1. The Morgan fingerprint density at radius 2 is 1.86 bits per heavy atom. The maximum atomic E-state index is 13.6. The molecule has 0 fully saturated rings. The van der Waals surface area contributed by atoms with Crippen LogP contribution in [-0.4, -0.2) is 24.4 Å². The standard InChI is InChI=1S/C17H18ClFN2O/c1-21(12-13-6-2-4-8-15(13)19)11-10-17(22)20-16-9-5-3-7-14(16)18/h2-9H,10-12H2,1H3,(H,20,22). The van der Waals surface area contributed by atoms with Crippen LogP contribution in [0.1, 0.15) is 12.0 Å². The first-order valence-electron chi connectivity index (χ1n) is 7.02. The molecular weight excluding hydrogens is 303 g/mol. The number of halogens is 2. The zero-order chi connectivity index (χ0) is 15.9. The molecule has 0 aliphatic rings. The molecule has 0 spiro atoms. The molecule has 0 aromatic heterocycles. The van der Waals surface area contributed by atoms with E-state index in [1.165, 1.54) is 6.07 Å². The predicted molar refractivity (Wildman–Crippen MR) is 87.4 cm³/mol. The van der Waals surface area contributed by atoms with Crippen molar-refractivity contribution in [3.63, 3.8) is 0 Å². The monoisotopic (exact) mass is 320 g/mol. The second-order valence-corrected chi connectivity index (χ2v) is 5.51. The molecule has 116 valence electrons. The first kappa shape index (κ1) is 16.5. The Bertz CT molecular complexity index is 648. The first-order valence-corrected chi connectivity index (χ1v) is 7.40. The quantitative estimate of drug-likeness (QED) is 0.874. The van der Waals surface area contributed by atoms with E-state index >= 15 is 0 Å². The predicted octanol–water partition coefficient (Wildman–Crippen LogP) is 3.94.